The number of carbonyl (C=O) groups is 1. The molecule has 1 aromatic heterocycles. The summed E-state index contributed by atoms with van der Waals surface area (Å²) >= 11 is 0. The summed E-state index contributed by atoms with van der Waals surface area (Å²) in [5.41, 5.74) is -2.17. The van der Waals surface area contributed by atoms with E-state index in [2.05, 4.69) is 9.72 Å². The van der Waals surface area contributed by atoms with Crippen LogP contribution in [0.3, 0.4) is 0 Å². The zero-order chi connectivity index (χ0) is 12.3. The molecule has 16 heavy (non-hydrogen) atoms. The topological polar surface area (TPSA) is 79.4 Å². The first kappa shape index (κ1) is 12.2. The van der Waals surface area contributed by atoms with E-state index in [0.717, 1.165) is 13.3 Å². The largest absolute Gasteiger partial charge is 0.503 e. The number of halogens is 2. The lowest BCUT2D eigenvalue weighted by Crippen LogP contribution is -2.18. The minimum absolute atomic E-state index is 0.484. The van der Waals surface area contributed by atoms with E-state index < -0.39 is 41.3 Å². The highest BCUT2D eigenvalue weighted by Crippen LogP contribution is 2.20. The molecule has 1 rings (SSSR count). The van der Waals surface area contributed by atoms with Crippen LogP contribution in [0.15, 0.2) is 11.0 Å². The molecule has 0 aromatic carbocycles. The molecular weight excluding hydrogens is 224 g/mol. The van der Waals surface area contributed by atoms with Gasteiger partial charge >= 0.3 is 5.97 Å². The standard InChI is InChI=1S/C9H9F2NO4/c1-16-6(14)2-4-7(9(10)11)12-3-5(13)8(4)15/h3,9,13H,2H2,1H3,(H,12,15). The molecule has 0 amide bonds. The van der Waals surface area contributed by atoms with Crippen LogP contribution in [0.4, 0.5) is 8.78 Å². The van der Waals surface area contributed by atoms with Crippen LogP contribution in [0.25, 0.3) is 0 Å². The summed E-state index contributed by atoms with van der Waals surface area (Å²) in [4.78, 5) is 24.3. The van der Waals surface area contributed by atoms with Crippen LogP contribution >= 0.6 is 0 Å². The number of ether oxygens (including phenoxy) is 1. The number of pyridine rings is 1. The minimum atomic E-state index is -2.94. The fourth-order valence-corrected chi connectivity index (χ4v) is 1.16. The molecule has 5 nitrogen and oxygen atoms in total. The maximum Gasteiger partial charge on any atom is 0.310 e. The van der Waals surface area contributed by atoms with E-state index in [1.165, 1.54) is 0 Å². The zero-order valence-corrected chi connectivity index (χ0v) is 8.29. The van der Waals surface area contributed by atoms with Gasteiger partial charge in [-0.15, -0.1) is 0 Å². The smallest absolute Gasteiger partial charge is 0.310 e. The van der Waals surface area contributed by atoms with Gasteiger partial charge < -0.3 is 14.8 Å². The van der Waals surface area contributed by atoms with Gasteiger partial charge in [-0.05, 0) is 0 Å². The highest BCUT2D eigenvalue weighted by atomic mass is 19.3. The van der Waals surface area contributed by atoms with Crippen molar-refractivity contribution in [2.75, 3.05) is 7.11 Å². The molecule has 0 fully saturated rings. The number of esters is 1. The molecule has 0 aliphatic carbocycles. The van der Waals surface area contributed by atoms with E-state index in [0.29, 0.717) is 0 Å². The van der Waals surface area contributed by atoms with Crippen molar-refractivity contribution < 1.29 is 23.4 Å². The second kappa shape index (κ2) is 4.73. The van der Waals surface area contributed by atoms with E-state index in [1.807, 2.05) is 0 Å². The Morgan fingerprint density at radius 1 is 1.62 bits per heavy atom. The molecule has 0 aliphatic heterocycles. The summed E-state index contributed by atoms with van der Waals surface area (Å²) < 4.78 is 29.2. The van der Waals surface area contributed by atoms with Crippen LogP contribution in [0.5, 0.6) is 5.75 Å². The van der Waals surface area contributed by atoms with Crippen molar-refractivity contribution in [1.29, 1.82) is 0 Å². The van der Waals surface area contributed by atoms with Crippen molar-refractivity contribution in [3.8, 4) is 5.75 Å². The molecule has 0 saturated heterocycles. The third-order valence-electron chi connectivity index (χ3n) is 1.96. The van der Waals surface area contributed by atoms with Crippen LogP contribution in [-0.2, 0) is 16.0 Å². The number of rotatable bonds is 3. The maximum atomic E-state index is 12.5. The van der Waals surface area contributed by atoms with Crippen molar-refractivity contribution in [1.82, 2.24) is 4.98 Å². The lowest BCUT2D eigenvalue weighted by molar-refractivity contribution is -0.139. The molecule has 0 spiro atoms. The Kier molecular flexibility index (Phi) is 3.60. The molecule has 1 heterocycles. The van der Waals surface area contributed by atoms with Gasteiger partial charge in [0.1, 0.15) is 0 Å². The monoisotopic (exact) mass is 233 g/mol. The first-order chi connectivity index (χ1) is 7.47. The van der Waals surface area contributed by atoms with E-state index in [4.69, 9.17) is 5.11 Å². The molecule has 88 valence electrons. The third-order valence-corrected chi connectivity index (χ3v) is 1.96. The van der Waals surface area contributed by atoms with Gasteiger partial charge in [-0.1, -0.05) is 0 Å². The number of H-pyrrole nitrogens is 1. The van der Waals surface area contributed by atoms with Gasteiger partial charge in [-0.3, -0.25) is 9.59 Å². The number of nitrogens with one attached hydrogen (secondary N) is 1. The van der Waals surface area contributed by atoms with Crippen molar-refractivity contribution in [2.45, 2.75) is 12.8 Å². The van der Waals surface area contributed by atoms with Gasteiger partial charge in [-0.25, -0.2) is 8.78 Å². The van der Waals surface area contributed by atoms with Gasteiger partial charge in [0.2, 0.25) is 5.43 Å². The Labute approximate surface area is 88.7 Å². The van der Waals surface area contributed by atoms with Crippen LogP contribution in [0.1, 0.15) is 17.7 Å². The Bertz CT molecular complexity index is 455. The summed E-state index contributed by atoms with van der Waals surface area (Å²) in [6, 6.07) is 0. The number of carbonyl (C=O) groups excluding carboxylic acids is 1. The molecular formula is C9H9F2NO4. The molecule has 0 aliphatic rings. The molecule has 0 atom stereocenters. The van der Waals surface area contributed by atoms with Gasteiger partial charge in [0.05, 0.1) is 19.2 Å². The van der Waals surface area contributed by atoms with E-state index in [9.17, 15) is 18.4 Å². The molecule has 2 N–H and O–H groups in total. The van der Waals surface area contributed by atoms with Crippen molar-refractivity contribution in [2.24, 2.45) is 0 Å². The summed E-state index contributed by atoms with van der Waals surface area (Å²) in [7, 11) is 1.07. The van der Waals surface area contributed by atoms with Crippen LogP contribution < -0.4 is 5.43 Å². The quantitative estimate of drug-likeness (QED) is 0.754. The fraction of sp³-hybridized carbons (Fsp3) is 0.333. The van der Waals surface area contributed by atoms with Gasteiger partial charge in [0.15, 0.2) is 5.75 Å². The van der Waals surface area contributed by atoms with Crippen molar-refractivity contribution >= 4 is 5.97 Å². The average molecular weight is 233 g/mol. The van der Waals surface area contributed by atoms with Crippen molar-refractivity contribution in [3.63, 3.8) is 0 Å². The number of aromatic amines is 1. The molecule has 7 heteroatoms. The number of alkyl halides is 2. The zero-order valence-electron chi connectivity index (χ0n) is 8.29. The summed E-state index contributed by atoms with van der Waals surface area (Å²) in [5, 5.41) is 9.05. The fourth-order valence-electron chi connectivity index (χ4n) is 1.16. The molecule has 0 unspecified atom stereocenters. The first-order valence-electron chi connectivity index (χ1n) is 4.25. The maximum absolute atomic E-state index is 12.5. The highest BCUT2D eigenvalue weighted by Gasteiger charge is 2.20. The second-order valence-corrected chi connectivity index (χ2v) is 2.95. The van der Waals surface area contributed by atoms with Gasteiger partial charge in [0, 0.05) is 11.8 Å². The van der Waals surface area contributed by atoms with Crippen LogP contribution in [0.2, 0.25) is 0 Å². The normalized spacial score (nSPS) is 10.5. The lowest BCUT2D eigenvalue weighted by atomic mass is 10.1. The van der Waals surface area contributed by atoms with E-state index in [-0.39, 0.29) is 0 Å². The second-order valence-electron chi connectivity index (χ2n) is 2.95. The third kappa shape index (κ3) is 2.36. The summed E-state index contributed by atoms with van der Waals surface area (Å²) in [6.07, 6.45) is -2.79. The molecule has 0 radical (unpaired) electrons. The van der Waals surface area contributed by atoms with Crippen LogP contribution in [-0.4, -0.2) is 23.2 Å². The first-order valence-corrected chi connectivity index (χ1v) is 4.25. The summed E-state index contributed by atoms with van der Waals surface area (Å²) in [6.45, 7) is 0. The van der Waals surface area contributed by atoms with E-state index in [1.54, 1.807) is 0 Å². The molecule has 1 aromatic rings. The Balaban J connectivity index is 3.26. The number of hydrogen-bond donors (Lipinski definition) is 2. The Hall–Kier alpha value is -1.92. The summed E-state index contributed by atoms with van der Waals surface area (Å²) in [5.74, 6) is -1.55. The Morgan fingerprint density at radius 2 is 2.25 bits per heavy atom. The molecule has 0 bridgehead atoms. The predicted molar refractivity (Wildman–Crippen MR) is 49.4 cm³/mol. The average Bonchev–Trinajstić information content (AvgIpc) is 2.24. The van der Waals surface area contributed by atoms with Gasteiger partial charge in [0.25, 0.3) is 6.43 Å². The number of methoxy groups -OCH3 is 1. The number of aromatic nitrogens is 1. The van der Waals surface area contributed by atoms with E-state index >= 15 is 0 Å². The Morgan fingerprint density at radius 3 is 2.75 bits per heavy atom. The minimum Gasteiger partial charge on any atom is -0.503 e. The number of aromatic hydroxyl groups is 1. The number of hydrogen-bond acceptors (Lipinski definition) is 4. The van der Waals surface area contributed by atoms with Crippen molar-refractivity contribution in [3.05, 3.63) is 27.7 Å². The lowest BCUT2D eigenvalue weighted by Gasteiger charge is -2.07. The van der Waals surface area contributed by atoms with Crippen LogP contribution in [0, 0.1) is 0 Å². The highest BCUT2D eigenvalue weighted by molar-refractivity contribution is 5.72. The SMILES string of the molecule is COC(=O)Cc1c(C(F)F)[nH]cc(O)c1=O. The predicted octanol–water partition coefficient (Wildman–Crippen LogP) is 0.734. The van der Waals surface area contributed by atoms with Gasteiger partial charge in [-0.2, -0.15) is 0 Å². The molecule has 0 saturated carbocycles.